The summed E-state index contributed by atoms with van der Waals surface area (Å²) in [5, 5.41) is 3.74. The van der Waals surface area contributed by atoms with Gasteiger partial charge in [0.25, 0.3) is 0 Å². The zero-order valence-electron chi connectivity index (χ0n) is 21.0. The van der Waals surface area contributed by atoms with E-state index in [4.69, 9.17) is 27.9 Å². The van der Waals surface area contributed by atoms with Crippen LogP contribution >= 0.6 is 23.2 Å². The maximum absolute atomic E-state index is 13.8. The maximum Gasteiger partial charge on any atom is 0.408 e. The molecule has 2 amide bonds. The average molecular weight is 512 g/mol. The van der Waals surface area contributed by atoms with Gasteiger partial charge in [-0.25, -0.2) is 4.79 Å². The quantitative estimate of drug-likeness (QED) is 0.446. The van der Waals surface area contributed by atoms with Crippen LogP contribution in [0.15, 0.2) is 18.2 Å². The van der Waals surface area contributed by atoms with Crippen molar-refractivity contribution in [2.75, 3.05) is 6.54 Å². The van der Waals surface area contributed by atoms with Crippen LogP contribution in [0, 0.1) is 11.8 Å². The van der Waals surface area contributed by atoms with Crippen molar-refractivity contribution in [3.63, 3.8) is 0 Å². The van der Waals surface area contributed by atoms with Crippen LogP contribution in [0.1, 0.15) is 84.6 Å². The summed E-state index contributed by atoms with van der Waals surface area (Å²) in [5.41, 5.74) is 0.194. The number of likely N-dealkylation sites (tertiary alicyclic amines) is 1. The van der Waals surface area contributed by atoms with Crippen molar-refractivity contribution in [2.24, 2.45) is 11.8 Å². The Balaban J connectivity index is 1.75. The van der Waals surface area contributed by atoms with Crippen molar-refractivity contribution in [3.05, 3.63) is 33.8 Å². The number of ether oxygens (including phenoxy) is 1. The highest BCUT2D eigenvalue weighted by atomic mass is 35.5. The van der Waals surface area contributed by atoms with Gasteiger partial charge in [-0.2, -0.15) is 0 Å². The predicted molar refractivity (Wildman–Crippen MR) is 138 cm³/mol. The Morgan fingerprint density at radius 2 is 1.79 bits per heavy atom. The molecule has 1 aromatic carbocycles. The number of hydrogen-bond donors (Lipinski definition) is 1. The second kappa shape index (κ2) is 12.0. The van der Waals surface area contributed by atoms with Crippen LogP contribution in [0.25, 0.3) is 0 Å². The fraction of sp³-hybridized carbons (Fsp3) is 0.704. The minimum Gasteiger partial charge on any atom is -0.444 e. The molecule has 1 aromatic rings. The molecule has 1 aliphatic carbocycles. The minimum atomic E-state index is -0.729. The van der Waals surface area contributed by atoms with Crippen LogP contribution in [0.5, 0.6) is 0 Å². The first-order valence-corrected chi connectivity index (χ1v) is 13.6. The Bertz CT molecular complexity index is 849. The van der Waals surface area contributed by atoms with Crippen molar-refractivity contribution >= 4 is 35.2 Å². The molecule has 0 spiro atoms. The number of amides is 2. The molecule has 1 N–H and O–H groups in total. The lowest BCUT2D eigenvalue weighted by atomic mass is 9.73. The highest BCUT2D eigenvalue weighted by Crippen LogP contribution is 2.38. The van der Waals surface area contributed by atoms with Gasteiger partial charge in [-0.15, -0.1) is 0 Å². The fourth-order valence-electron chi connectivity index (χ4n) is 5.55. The number of piperidine rings is 1. The summed E-state index contributed by atoms with van der Waals surface area (Å²) in [6.45, 7) is 8.33. The van der Waals surface area contributed by atoms with E-state index in [0.29, 0.717) is 22.4 Å². The molecule has 1 saturated heterocycles. The highest BCUT2D eigenvalue weighted by Gasteiger charge is 2.37. The van der Waals surface area contributed by atoms with Crippen LogP contribution in [0.2, 0.25) is 10.0 Å². The van der Waals surface area contributed by atoms with Gasteiger partial charge < -0.3 is 15.0 Å². The molecule has 5 nitrogen and oxygen atoms in total. The Kier molecular flexibility index (Phi) is 9.57. The minimum absolute atomic E-state index is 0.0501. The molecule has 1 aliphatic heterocycles. The summed E-state index contributed by atoms with van der Waals surface area (Å²) >= 11 is 12.3. The molecule has 3 atom stereocenters. The first-order valence-electron chi connectivity index (χ1n) is 12.8. The first-order chi connectivity index (χ1) is 16.1. The molecule has 2 fully saturated rings. The molecule has 7 heteroatoms. The molecule has 1 heterocycles. The van der Waals surface area contributed by atoms with Crippen molar-refractivity contribution in [1.82, 2.24) is 10.2 Å². The zero-order chi connectivity index (χ0) is 24.9. The van der Waals surface area contributed by atoms with Crippen molar-refractivity contribution < 1.29 is 14.3 Å². The molecule has 190 valence electrons. The van der Waals surface area contributed by atoms with Gasteiger partial charge in [-0.3, -0.25) is 4.79 Å². The van der Waals surface area contributed by atoms with E-state index < -0.39 is 17.7 Å². The van der Waals surface area contributed by atoms with E-state index in [0.717, 1.165) is 37.3 Å². The van der Waals surface area contributed by atoms with E-state index in [1.54, 1.807) is 12.1 Å². The largest absolute Gasteiger partial charge is 0.444 e. The number of nitrogens with one attached hydrogen (secondary N) is 1. The van der Waals surface area contributed by atoms with Gasteiger partial charge in [0.15, 0.2) is 0 Å². The van der Waals surface area contributed by atoms with E-state index in [-0.39, 0.29) is 11.9 Å². The third kappa shape index (κ3) is 7.52. The SMILES string of the molecule is CCC1CC(C2CCCCC2)CCN1C(=O)C(Cc1ccc(Cl)c(Cl)c1)NC(=O)OC(C)(C)C. The molecule has 0 bridgehead atoms. The van der Waals surface area contributed by atoms with Gasteiger partial charge >= 0.3 is 6.09 Å². The number of rotatable bonds is 6. The summed E-state index contributed by atoms with van der Waals surface area (Å²) in [6, 6.07) is 4.79. The number of alkyl carbamates (subject to hydrolysis) is 1. The average Bonchev–Trinajstić information content (AvgIpc) is 2.79. The van der Waals surface area contributed by atoms with Crippen LogP contribution in [0.4, 0.5) is 4.79 Å². The Labute approximate surface area is 214 Å². The lowest BCUT2D eigenvalue weighted by molar-refractivity contribution is -0.138. The zero-order valence-corrected chi connectivity index (χ0v) is 22.6. The van der Waals surface area contributed by atoms with E-state index in [9.17, 15) is 9.59 Å². The molecule has 1 saturated carbocycles. The fourth-order valence-corrected chi connectivity index (χ4v) is 5.87. The Morgan fingerprint density at radius 3 is 2.41 bits per heavy atom. The Morgan fingerprint density at radius 1 is 1.09 bits per heavy atom. The lowest BCUT2D eigenvalue weighted by Crippen LogP contribution is -2.56. The molecule has 2 aliphatic rings. The lowest BCUT2D eigenvalue weighted by Gasteiger charge is -2.44. The van der Waals surface area contributed by atoms with Gasteiger partial charge in [0, 0.05) is 19.0 Å². The van der Waals surface area contributed by atoms with Crippen LogP contribution in [-0.4, -0.2) is 41.1 Å². The predicted octanol–water partition coefficient (Wildman–Crippen LogP) is 7.03. The van der Waals surface area contributed by atoms with Gasteiger partial charge in [-0.05, 0) is 69.6 Å². The van der Waals surface area contributed by atoms with Crippen LogP contribution < -0.4 is 5.32 Å². The number of benzene rings is 1. The summed E-state index contributed by atoms with van der Waals surface area (Å²) < 4.78 is 5.47. The van der Waals surface area contributed by atoms with Crippen molar-refractivity contribution in [2.45, 2.75) is 103 Å². The Hall–Kier alpha value is -1.46. The van der Waals surface area contributed by atoms with Gasteiger partial charge in [0.05, 0.1) is 10.0 Å². The topological polar surface area (TPSA) is 58.6 Å². The number of nitrogens with zero attached hydrogens (tertiary/aromatic N) is 1. The molecule has 3 unspecified atom stereocenters. The molecule has 0 radical (unpaired) electrons. The second-order valence-electron chi connectivity index (χ2n) is 10.9. The smallest absolute Gasteiger partial charge is 0.408 e. The van der Waals surface area contributed by atoms with Gasteiger partial charge in [0.1, 0.15) is 11.6 Å². The van der Waals surface area contributed by atoms with E-state index in [1.165, 1.54) is 32.1 Å². The van der Waals surface area contributed by atoms with Crippen LogP contribution in [-0.2, 0) is 16.0 Å². The van der Waals surface area contributed by atoms with Crippen molar-refractivity contribution in [3.8, 4) is 0 Å². The van der Waals surface area contributed by atoms with Gasteiger partial charge in [0.2, 0.25) is 5.91 Å². The van der Waals surface area contributed by atoms with E-state index >= 15 is 0 Å². The molecule has 3 rings (SSSR count). The summed E-state index contributed by atoms with van der Waals surface area (Å²) in [4.78, 5) is 28.4. The van der Waals surface area contributed by atoms with Crippen molar-refractivity contribution in [1.29, 1.82) is 0 Å². The normalized spacial score (nSPS) is 22.8. The van der Waals surface area contributed by atoms with Crippen LogP contribution in [0.3, 0.4) is 0 Å². The standard InChI is InChI=1S/C27H40Cl2N2O3/c1-5-21-17-20(19-9-7-6-8-10-19)13-14-31(21)25(32)24(30-26(33)34-27(2,3)4)16-18-11-12-22(28)23(29)15-18/h11-12,15,19-21,24H,5-10,13-14,16-17H2,1-4H3,(H,30,33). The number of halogens is 2. The molecule has 34 heavy (non-hydrogen) atoms. The summed E-state index contributed by atoms with van der Waals surface area (Å²) in [6.07, 6.45) is 9.45. The third-order valence-corrected chi connectivity index (χ3v) is 7.98. The molecule has 0 aromatic heterocycles. The van der Waals surface area contributed by atoms with Gasteiger partial charge in [-0.1, -0.05) is 68.3 Å². The maximum atomic E-state index is 13.8. The summed E-state index contributed by atoms with van der Waals surface area (Å²) in [7, 11) is 0. The number of hydrogen-bond acceptors (Lipinski definition) is 3. The third-order valence-electron chi connectivity index (χ3n) is 7.24. The van der Waals surface area contributed by atoms with E-state index in [1.807, 2.05) is 31.7 Å². The summed E-state index contributed by atoms with van der Waals surface area (Å²) in [5.74, 6) is 1.44. The molecular formula is C27H40Cl2N2O3. The second-order valence-corrected chi connectivity index (χ2v) is 11.7. The monoisotopic (exact) mass is 510 g/mol. The highest BCUT2D eigenvalue weighted by molar-refractivity contribution is 6.42. The first kappa shape index (κ1) is 27.1. The van der Waals surface area contributed by atoms with E-state index in [2.05, 4.69) is 12.2 Å². The number of carbonyl (C=O) groups is 2. The molecular weight excluding hydrogens is 471 g/mol. The number of carbonyl (C=O) groups excluding carboxylic acids is 2.